The van der Waals surface area contributed by atoms with Crippen molar-refractivity contribution in [2.45, 2.75) is 19.3 Å². The normalized spacial score (nSPS) is 16.5. The molecule has 15 heavy (non-hydrogen) atoms. The summed E-state index contributed by atoms with van der Waals surface area (Å²) in [7, 11) is 0. The summed E-state index contributed by atoms with van der Waals surface area (Å²) in [4.78, 5) is 12.9. The minimum atomic E-state index is 0.640. The number of piperidine rings is 1. The lowest BCUT2D eigenvalue weighted by molar-refractivity contribution is 0.112. The van der Waals surface area contributed by atoms with E-state index in [0.717, 1.165) is 25.1 Å². The highest BCUT2D eigenvalue weighted by Gasteiger charge is 2.13. The van der Waals surface area contributed by atoms with Gasteiger partial charge in [-0.3, -0.25) is 4.79 Å². The number of hydrogen-bond donors (Lipinski definition) is 0. The van der Waals surface area contributed by atoms with Gasteiger partial charge in [-0.25, -0.2) is 0 Å². The molecule has 1 saturated heterocycles. The van der Waals surface area contributed by atoms with Crippen LogP contribution >= 0.6 is 11.6 Å². The number of rotatable bonds is 2. The number of carbonyl (C=O) groups is 1. The summed E-state index contributed by atoms with van der Waals surface area (Å²) in [6.07, 6.45) is 4.59. The largest absolute Gasteiger partial charge is 0.370 e. The molecule has 0 bridgehead atoms. The van der Waals surface area contributed by atoms with E-state index in [4.69, 9.17) is 11.6 Å². The Morgan fingerprint density at radius 1 is 1.20 bits per heavy atom. The summed E-state index contributed by atoms with van der Waals surface area (Å²) in [5.41, 5.74) is 1.70. The fourth-order valence-electron chi connectivity index (χ4n) is 1.99. The Kier molecular flexibility index (Phi) is 3.27. The number of nitrogens with zero attached hydrogens (tertiary/aromatic N) is 1. The van der Waals surface area contributed by atoms with Gasteiger partial charge < -0.3 is 4.90 Å². The third-order valence-electron chi connectivity index (χ3n) is 2.80. The summed E-state index contributed by atoms with van der Waals surface area (Å²) in [5.74, 6) is 0. The van der Waals surface area contributed by atoms with Crippen LogP contribution in [-0.2, 0) is 0 Å². The van der Waals surface area contributed by atoms with Crippen LogP contribution in [0.4, 0.5) is 5.69 Å². The zero-order valence-corrected chi connectivity index (χ0v) is 9.33. The van der Waals surface area contributed by atoms with Crippen molar-refractivity contribution in [2.75, 3.05) is 18.0 Å². The molecule has 3 heteroatoms. The summed E-state index contributed by atoms with van der Waals surface area (Å²) in [5, 5.41) is 0.682. The number of hydrogen-bond acceptors (Lipinski definition) is 2. The van der Waals surface area contributed by atoms with E-state index in [0.29, 0.717) is 10.6 Å². The summed E-state index contributed by atoms with van der Waals surface area (Å²) < 4.78 is 0. The second-order valence-corrected chi connectivity index (χ2v) is 4.28. The first kappa shape index (κ1) is 10.5. The highest BCUT2D eigenvalue weighted by Crippen LogP contribution is 2.28. The van der Waals surface area contributed by atoms with Gasteiger partial charge in [-0.2, -0.15) is 0 Å². The molecule has 1 fully saturated rings. The Morgan fingerprint density at radius 2 is 1.93 bits per heavy atom. The van der Waals surface area contributed by atoms with E-state index in [-0.39, 0.29) is 0 Å². The maximum atomic E-state index is 10.6. The first-order valence-corrected chi connectivity index (χ1v) is 5.69. The highest BCUT2D eigenvalue weighted by atomic mass is 35.5. The van der Waals surface area contributed by atoms with Crippen molar-refractivity contribution in [2.24, 2.45) is 0 Å². The molecule has 80 valence electrons. The maximum Gasteiger partial charge on any atom is 0.150 e. The molecule has 0 unspecified atom stereocenters. The Labute approximate surface area is 94.8 Å². The van der Waals surface area contributed by atoms with Crippen molar-refractivity contribution in [1.82, 2.24) is 0 Å². The van der Waals surface area contributed by atoms with Crippen molar-refractivity contribution in [3.8, 4) is 0 Å². The Hall–Kier alpha value is -1.02. The number of carbonyl (C=O) groups excluding carboxylic acids is 1. The van der Waals surface area contributed by atoms with E-state index in [1.807, 2.05) is 12.1 Å². The van der Waals surface area contributed by atoms with E-state index >= 15 is 0 Å². The molecule has 0 saturated carbocycles. The first-order chi connectivity index (χ1) is 7.31. The molecule has 0 spiro atoms. The molecule has 0 radical (unpaired) electrons. The fraction of sp³-hybridized carbons (Fsp3) is 0.417. The van der Waals surface area contributed by atoms with Gasteiger partial charge in [0.15, 0.2) is 0 Å². The van der Waals surface area contributed by atoms with Crippen LogP contribution in [0.1, 0.15) is 29.6 Å². The topological polar surface area (TPSA) is 20.3 Å². The molecule has 1 aliphatic heterocycles. The van der Waals surface area contributed by atoms with Crippen molar-refractivity contribution >= 4 is 23.6 Å². The van der Waals surface area contributed by atoms with E-state index in [1.165, 1.54) is 19.3 Å². The van der Waals surface area contributed by atoms with Crippen LogP contribution in [0.15, 0.2) is 18.2 Å². The van der Waals surface area contributed by atoms with Crippen LogP contribution in [0.2, 0.25) is 5.02 Å². The second-order valence-electron chi connectivity index (χ2n) is 3.88. The van der Waals surface area contributed by atoms with E-state index in [1.54, 1.807) is 6.07 Å². The Bertz CT molecular complexity index is 359. The average molecular weight is 224 g/mol. The molecule has 0 aliphatic carbocycles. The average Bonchev–Trinajstić information content (AvgIpc) is 2.30. The molecule has 1 aromatic carbocycles. The van der Waals surface area contributed by atoms with Crippen molar-refractivity contribution in [3.05, 3.63) is 28.8 Å². The summed E-state index contributed by atoms with van der Waals surface area (Å²) in [6, 6.07) is 5.50. The molecular weight excluding hydrogens is 210 g/mol. The van der Waals surface area contributed by atoms with Crippen molar-refractivity contribution in [3.63, 3.8) is 0 Å². The zero-order chi connectivity index (χ0) is 10.7. The number of aldehydes is 1. The van der Waals surface area contributed by atoms with Crippen LogP contribution < -0.4 is 4.90 Å². The monoisotopic (exact) mass is 223 g/mol. The third kappa shape index (κ3) is 2.32. The Morgan fingerprint density at radius 3 is 2.53 bits per heavy atom. The van der Waals surface area contributed by atoms with E-state index < -0.39 is 0 Å². The summed E-state index contributed by atoms with van der Waals surface area (Å²) in [6.45, 7) is 2.14. The van der Waals surface area contributed by atoms with Gasteiger partial charge in [-0.05, 0) is 37.5 Å². The van der Waals surface area contributed by atoms with Gasteiger partial charge in [0, 0.05) is 18.7 Å². The lowest BCUT2D eigenvalue weighted by Gasteiger charge is -2.29. The maximum absolute atomic E-state index is 10.6. The van der Waals surface area contributed by atoms with Gasteiger partial charge in [0.1, 0.15) is 6.29 Å². The predicted octanol–water partition coefficient (Wildman–Crippen LogP) is 3.14. The lowest BCUT2D eigenvalue weighted by Crippen LogP contribution is -2.29. The van der Waals surface area contributed by atoms with Crippen molar-refractivity contribution < 1.29 is 4.79 Å². The summed E-state index contributed by atoms with van der Waals surface area (Å²) >= 11 is 6.14. The van der Waals surface area contributed by atoms with Crippen LogP contribution in [0.25, 0.3) is 0 Å². The van der Waals surface area contributed by atoms with Gasteiger partial charge in [0.25, 0.3) is 0 Å². The highest BCUT2D eigenvalue weighted by molar-refractivity contribution is 6.33. The van der Waals surface area contributed by atoms with E-state index in [9.17, 15) is 4.79 Å². The molecule has 0 N–H and O–H groups in total. The SMILES string of the molecule is O=Cc1ccc(N2CCCCC2)c(Cl)c1. The molecule has 2 nitrogen and oxygen atoms in total. The lowest BCUT2D eigenvalue weighted by atomic mass is 10.1. The van der Waals surface area contributed by atoms with Crippen molar-refractivity contribution in [1.29, 1.82) is 0 Å². The quantitative estimate of drug-likeness (QED) is 0.718. The minimum Gasteiger partial charge on any atom is -0.370 e. The molecular formula is C12H14ClNO. The molecule has 1 aromatic rings. The molecule has 0 atom stereocenters. The van der Waals surface area contributed by atoms with Gasteiger partial charge in [-0.15, -0.1) is 0 Å². The van der Waals surface area contributed by atoms with Crippen LogP contribution in [0.3, 0.4) is 0 Å². The zero-order valence-electron chi connectivity index (χ0n) is 8.58. The fourth-order valence-corrected chi connectivity index (χ4v) is 2.30. The van der Waals surface area contributed by atoms with Gasteiger partial charge in [0.2, 0.25) is 0 Å². The van der Waals surface area contributed by atoms with Gasteiger partial charge in [-0.1, -0.05) is 11.6 Å². The number of anilines is 1. The first-order valence-electron chi connectivity index (χ1n) is 5.31. The van der Waals surface area contributed by atoms with Gasteiger partial charge >= 0.3 is 0 Å². The number of benzene rings is 1. The minimum absolute atomic E-state index is 0.640. The van der Waals surface area contributed by atoms with Crippen LogP contribution in [0.5, 0.6) is 0 Å². The smallest absolute Gasteiger partial charge is 0.150 e. The molecule has 0 amide bonds. The molecule has 2 rings (SSSR count). The molecule has 1 aliphatic rings. The standard InChI is InChI=1S/C12H14ClNO/c13-11-8-10(9-15)4-5-12(11)14-6-2-1-3-7-14/h4-5,8-9H,1-3,6-7H2. The van der Waals surface area contributed by atoms with Gasteiger partial charge in [0.05, 0.1) is 10.7 Å². The predicted molar refractivity (Wildman–Crippen MR) is 62.9 cm³/mol. The number of halogens is 1. The molecule has 0 aromatic heterocycles. The second kappa shape index (κ2) is 4.67. The third-order valence-corrected chi connectivity index (χ3v) is 3.11. The van der Waals surface area contributed by atoms with Crippen LogP contribution in [0, 0.1) is 0 Å². The van der Waals surface area contributed by atoms with E-state index in [2.05, 4.69) is 4.90 Å². The molecule has 1 heterocycles. The Balaban J connectivity index is 2.23. The van der Waals surface area contributed by atoms with Crippen LogP contribution in [-0.4, -0.2) is 19.4 Å².